The van der Waals surface area contributed by atoms with Crippen molar-refractivity contribution in [2.24, 2.45) is 0 Å². The monoisotopic (exact) mass is 404 g/mol. The predicted molar refractivity (Wildman–Crippen MR) is 81.1 cm³/mol. The van der Waals surface area contributed by atoms with E-state index in [0.717, 1.165) is 6.26 Å². The third-order valence-corrected chi connectivity index (χ3v) is 7.17. The molecule has 0 saturated heterocycles. The Balaban J connectivity index is 3.06. The molecule has 0 bridgehead atoms. The minimum absolute atomic E-state index is 0.183. The van der Waals surface area contributed by atoms with Gasteiger partial charge in [-0.15, -0.1) is 0 Å². The average molecular weight is 406 g/mol. The lowest BCUT2D eigenvalue weighted by Gasteiger charge is -2.22. The highest BCUT2D eigenvalue weighted by atomic mass is 79.9. The Labute approximate surface area is 132 Å². The lowest BCUT2D eigenvalue weighted by molar-refractivity contribution is 0.537. The van der Waals surface area contributed by atoms with E-state index in [4.69, 9.17) is 11.6 Å². The van der Waals surface area contributed by atoms with E-state index in [1.165, 1.54) is 26.1 Å². The second kappa shape index (κ2) is 5.88. The number of nitrogens with zero attached hydrogens (tertiary/aromatic N) is 1. The Hall–Kier alpha value is -0.220. The van der Waals surface area contributed by atoms with Gasteiger partial charge in [0.25, 0.3) is 0 Å². The Bertz CT molecular complexity index is 717. The van der Waals surface area contributed by atoms with Gasteiger partial charge in [0.05, 0.1) is 4.75 Å². The molecule has 0 amide bonds. The second-order valence-electron chi connectivity index (χ2n) is 4.80. The van der Waals surface area contributed by atoms with E-state index in [9.17, 15) is 16.8 Å². The van der Waals surface area contributed by atoms with Gasteiger partial charge in [-0.05, 0) is 35.8 Å². The fourth-order valence-corrected chi connectivity index (χ4v) is 3.65. The maximum atomic E-state index is 12.1. The molecular weight excluding hydrogens is 392 g/mol. The number of halogens is 2. The van der Waals surface area contributed by atoms with Crippen molar-refractivity contribution in [2.75, 3.05) is 12.8 Å². The van der Waals surface area contributed by atoms with Gasteiger partial charge in [-0.2, -0.15) is 0 Å². The summed E-state index contributed by atoms with van der Waals surface area (Å²) in [4.78, 5) is 3.51. The quantitative estimate of drug-likeness (QED) is 0.751. The van der Waals surface area contributed by atoms with Crippen LogP contribution < -0.4 is 4.72 Å². The van der Waals surface area contributed by atoms with Crippen molar-refractivity contribution < 1.29 is 16.8 Å². The first kappa shape index (κ1) is 17.8. The van der Waals surface area contributed by atoms with Gasteiger partial charge in [-0.1, -0.05) is 11.6 Å². The number of rotatable bonds is 5. The van der Waals surface area contributed by atoms with Crippen LogP contribution in [0.5, 0.6) is 0 Å². The summed E-state index contributed by atoms with van der Waals surface area (Å²) in [7, 11) is -7.36. The van der Waals surface area contributed by atoms with Gasteiger partial charge in [0, 0.05) is 23.5 Å². The Morgan fingerprint density at radius 1 is 1.35 bits per heavy atom. The predicted octanol–water partition coefficient (Wildman–Crippen LogP) is 1.60. The normalized spacial score (nSPS) is 13.4. The van der Waals surface area contributed by atoms with Crippen molar-refractivity contribution in [1.82, 2.24) is 9.71 Å². The van der Waals surface area contributed by atoms with Crippen molar-refractivity contribution in [2.45, 2.75) is 23.5 Å². The summed E-state index contributed by atoms with van der Waals surface area (Å²) in [5, 5.41) is -0.183. The first-order chi connectivity index (χ1) is 8.87. The van der Waals surface area contributed by atoms with Crippen LogP contribution in [0.15, 0.2) is 21.6 Å². The Morgan fingerprint density at radius 2 is 1.90 bits per heavy atom. The largest absolute Gasteiger partial charge is 0.243 e. The minimum Gasteiger partial charge on any atom is -0.242 e. The average Bonchev–Trinajstić information content (AvgIpc) is 2.28. The van der Waals surface area contributed by atoms with Gasteiger partial charge in [0.15, 0.2) is 9.84 Å². The fraction of sp³-hybridized carbons (Fsp3) is 0.500. The van der Waals surface area contributed by atoms with Gasteiger partial charge in [0.2, 0.25) is 10.0 Å². The molecule has 0 aromatic carbocycles. The smallest absolute Gasteiger partial charge is 0.242 e. The summed E-state index contributed by atoms with van der Waals surface area (Å²) in [6, 6.07) is 1.30. The zero-order chi connectivity index (χ0) is 15.8. The molecule has 1 aromatic rings. The zero-order valence-corrected chi connectivity index (χ0v) is 15.0. The van der Waals surface area contributed by atoms with Crippen LogP contribution in [0.4, 0.5) is 0 Å². The molecule has 0 aliphatic rings. The zero-order valence-electron chi connectivity index (χ0n) is 11.0. The molecule has 20 heavy (non-hydrogen) atoms. The van der Waals surface area contributed by atoms with Crippen LogP contribution in [0.2, 0.25) is 5.15 Å². The molecule has 1 rings (SSSR count). The minimum atomic E-state index is -3.95. The molecule has 0 unspecified atom stereocenters. The first-order valence-corrected chi connectivity index (χ1v) is 9.92. The van der Waals surface area contributed by atoms with E-state index in [1.54, 1.807) is 0 Å². The number of sulfonamides is 1. The molecule has 0 radical (unpaired) electrons. The van der Waals surface area contributed by atoms with Crippen LogP contribution in [0, 0.1) is 0 Å². The first-order valence-electron chi connectivity index (χ1n) is 5.37. The van der Waals surface area contributed by atoms with Gasteiger partial charge >= 0.3 is 0 Å². The van der Waals surface area contributed by atoms with Crippen molar-refractivity contribution >= 4 is 47.4 Å². The molecule has 0 spiro atoms. The summed E-state index contributed by atoms with van der Waals surface area (Å²) in [5.74, 6) is 0. The molecular formula is C10H14BrClN2O4S2. The number of pyridine rings is 1. The highest BCUT2D eigenvalue weighted by molar-refractivity contribution is 9.10. The third kappa shape index (κ3) is 4.14. The molecule has 0 aliphatic carbocycles. The summed E-state index contributed by atoms with van der Waals surface area (Å²) in [6.45, 7) is 2.61. The van der Waals surface area contributed by atoms with E-state index >= 15 is 0 Å². The van der Waals surface area contributed by atoms with Crippen LogP contribution >= 0.6 is 27.5 Å². The van der Waals surface area contributed by atoms with Crippen LogP contribution in [-0.2, 0) is 19.9 Å². The molecule has 10 heteroatoms. The molecule has 0 saturated carbocycles. The molecule has 0 atom stereocenters. The number of nitrogens with one attached hydrogen (secondary N) is 1. The lowest BCUT2D eigenvalue weighted by Crippen LogP contribution is -2.43. The molecule has 1 N–H and O–H groups in total. The Kier molecular flexibility index (Phi) is 5.24. The van der Waals surface area contributed by atoms with E-state index < -0.39 is 24.6 Å². The van der Waals surface area contributed by atoms with Gasteiger partial charge in [-0.3, -0.25) is 0 Å². The Morgan fingerprint density at radius 3 is 2.40 bits per heavy atom. The standard InChI is InChI=1S/C10H14BrClN2O4S2/c1-10(2,19(3,15)16)6-14-20(17,18)8-4-7(11)5-13-9(8)12/h4-5,14H,6H2,1-3H3. The third-order valence-electron chi connectivity index (χ3n) is 2.75. The van der Waals surface area contributed by atoms with Crippen molar-refractivity contribution in [3.05, 3.63) is 21.9 Å². The van der Waals surface area contributed by atoms with Crippen LogP contribution in [0.25, 0.3) is 0 Å². The topological polar surface area (TPSA) is 93.2 Å². The van der Waals surface area contributed by atoms with E-state index in [1.807, 2.05) is 0 Å². The summed E-state index contributed by atoms with van der Waals surface area (Å²) in [5.41, 5.74) is 0. The highest BCUT2D eigenvalue weighted by Crippen LogP contribution is 2.23. The molecule has 1 aromatic heterocycles. The van der Waals surface area contributed by atoms with Crippen LogP contribution in [0.1, 0.15) is 13.8 Å². The van der Waals surface area contributed by atoms with Gasteiger partial charge < -0.3 is 0 Å². The number of sulfone groups is 1. The lowest BCUT2D eigenvalue weighted by atomic mass is 10.2. The van der Waals surface area contributed by atoms with Gasteiger partial charge in [0.1, 0.15) is 10.0 Å². The fourth-order valence-electron chi connectivity index (χ4n) is 1.07. The second-order valence-corrected chi connectivity index (χ2v) is 10.5. The molecule has 114 valence electrons. The molecule has 6 nitrogen and oxygen atoms in total. The number of hydrogen-bond donors (Lipinski definition) is 1. The SMILES string of the molecule is CC(C)(CNS(=O)(=O)c1cc(Br)cnc1Cl)S(C)(=O)=O. The molecule has 0 fully saturated rings. The summed E-state index contributed by atoms with van der Waals surface area (Å²) in [6.07, 6.45) is 2.41. The summed E-state index contributed by atoms with van der Waals surface area (Å²) >= 11 is 8.85. The maximum absolute atomic E-state index is 12.1. The van der Waals surface area contributed by atoms with Gasteiger partial charge in [-0.25, -0.2) is 26.5 Å². The van der Waals surface area contributed by atoms with Crippen LogP contribution in [-0.4, -0.2) is 39.4 Å². The number of aromatic nitrogens is 1. The van der Waals surface area contributed by atoms with Crippen molar-refractivity contribution in [3.8, 4) is 0 Å². The number of hydrogen-bond acceptors (Lipinski definition) is 5. The van der Waals surface area contributed by atoms with Crippen molar-refractivity contribution in [1.29, 1.82) is 0 Å². The highest BCUT2D eigenvalue weighted by Gasteiger charge is 2.32. The van der Waals surface area contributed by atoms with E-state index in [2.05, 4.69) is 25.6 Å². The van der Waals surface area contributed by atoms with E-state index in [0.29, 0.717) is 4.47 Å². The maximum Gasteiger partial charge on any atom is 0.243 e. The van der Waals surface area contributed by atoms with Crippen LogP contribution in [0.3, 0.4) is 0 Å². The molecule has 1 heterocycles. The van der Waals surface area contributed by atoms with Crippen molar-refractivity contribution in [3.63, 3.8) is 0 Å². The molecule has 0 aliphatic heterocycles. The summed E-state index contributed by atoms with van der Waals surface area (Å²) < 4.78 is 48.8. The van der Waals surface area contributed by atoms with E-state index in [-0.39, 0.29) is 16.6 Å².